The molecule has 11 nitrogen and oxygen atoms in total. The molecule has 1 aliphatic heterocycles. The van der Waals surface area contributed by atoms with Crippen molar-refractivity contribution in [2.24, 2.45) is 0 Å². The molecule has 2 unspecified atom stereocenters. The molecular weight excluding hydrogens is 587 g/mol. The van der Waals surface area contributed by atoms with Crippen LogP contribution in [0.1, 0.15) is 40.4 Å². The summed E-state index contributed by atoms with van der Waals surface area (Å²) < 4.78 is 0. The summed E-state index contributed by atoms with van der Waals surface area (Å²) in [5.74, 6) is -3.05. The van der Waals surface area contributed by atoms with E-state index in [1.165, 1.54) is 52.3 Å². The first-order valence-corrected chi connectivity index (χ1v) is 13.7. The summed E-state index contributed by atoms with van der Waals surface area (Å²) in [7, 11) is 0. The Bertz CT molecular complexity index is 1520. The summed E-state index contributed by atoms with van der Waals surface area (Å²) in [5.41, 5.74) is 0.956. The van der Waals surface area contributed by atoms with Crippen LogP contribution in [0.4, 0.5) is 5.69 Å². The first-order valence-electron chi connectivity index (χ1n) is 12.9. The number of nitrogens with one attached hydrogen (secondary N) is 1. The molecule has 3 aromatic rings. The van der Waals surface area contributed by atoms with Gasteiger partial charge in [0.1, 0.15) is 0 Å². The van der Waals surface area contributed by atoms with Gasteiger partial charge in [0.15, 0.2) is 6.17 Å². The van der Waals surface area contributed by atoms with Crippen molar-refractivity contribution in [1.82, 2.24) is 15.1 Å². The molecule has 3 aromatic carbocycles. The van der Waals surface area contributed by atoms with Crippen molar-refractivity contribution in [2.75, 3.05) is 13.1 Å². The Kier molecular flexibility index (Phi) is 9.76. The van der Waals surface area contributed by atoms with Gasteiger partial charge in [-0.1, -0.05) is 65.7 Å². The number of aliphatic carboxylic acids is 1. The average molecular weight is 613 g/mol. The number of non-ortho nitro benzene ring substituents is 1. The number of carboxylic acid groups (broad SMARTS) is 1. The number of nitro benzene ring substituents is 1. The van der Waals surface area contributed by atoms with Gasteiger partial charge in [-0.15, -0.1) is 0 Å². The zero-order valence-corrected chi connectivity index (χ0v) is 23.6. The van der Waals surface area contributed by atoms with E-state index in [0.29, 0.717) is 6.42 Å². The third-order valence-corrected chi connectivity index (χ3v) is 7.54. The van der Waals surface area contributed by atoms with E-state index in [2.05, 4.69) is 5.32 Å². The largest absolute Gasteiger partial charge is 0.481 e. The molecule has 0 aliphatic carbocycles. The van der Waals surface area contributed by atoms with Crippen molar-refractivity contribution in [3.05, 3.63) is 110 Å². The zero-order chi connectivity index (χ0) is 30.4. The molecule has 1 saturated heterocycles. The SMILES string of the molecule is O=C(O)CC(NC(=O)C1N(C(=O)CCc2ccccc2)CCN1C(=O)c1ccc(Cl)c(Cl)c1)c1cccc([N+](=O)[O-])c1. The van der Waals surface area contributed by atoms with Crippen LogP contribution in [0, 0.1) is 10.1 Å². The number of hydrogen-bond acceptors (Lipinski definition) is 6. The predicted octanol–water partition coefficient (Wildman–Crippen LogP) is 4.48. The lowest BCUT2D eigenvalue weighted by Crippen LogP contribution is -2.54. The summed E-state index contributed by atoms with van der Waals surface area (Å²) in [6, 6.07) is 17.6. The molecule has 1 aliphatic rings. The number of carbonyl (C=O) groups excluding carboxylic acids is 3. The number of aryl methyl sites for hydroxylation is 1. The maximum Gasteiger partial charge on any atom is 0.305 e. The summed E-state index contributed by atoms with van der Waals surface area (Å²) in [5, 5.41) is 23.8. The van der Waals surface area contributed by atoms with Crippen molar-refractivity contribution in [3.63, 3.8) is 0 Å². The van der Waals surface area contributed by atoms with Crippen LogP contribution in [0.25, 0.3) is 0 Å². The van der Waals surface area contributed by atoms with Crippen LogP contribution < -0.4 is 5.32 Å². The second-order valence-corrected chi connectivity index (χ2v) is 10.4. The summed E-state index contributed by atoms with van der Waals surface area (Å²) in [6.45, 7) is 0.0772. The lowest BCUT2D eigenvalue weighted by Gasteiger charge is -2.31. The van der Waals surface area contributed by atoms with Crippen molar-refractivity contribution < 1.29 is 29.2 Å². The minimum Gasteiger partial charge on any atom is -0.481 e. The summed E-state index contributed by atoms with van der Waals surface area (Å²) in [6.07, 6.45) is -1.54. The highest BCUT2D eigenvalue weighted by molar-refractivity contribution is 6.42. The third kappa shape index (κ3) is 7.23. The lowest BCUT2D eigenvalue weighted by molar-refractivity contribution is -0.384. The van der Waals surface area contributed by atoms with E-state index in [9.17, 15) is 34.4 Å². The van der Waals surface area contributed by atoms with E-state index in [1.807, 2.05) is 30.3 Å². The van der Waals surface area contributed by atoms with Gasteiger partial charge in [-0.05, 0) is 35.7 Å². The van der Waals surface area contributed by atoms with Crippen molar-refractivity contribution >= 4 is 52.6 Å². The highest BCUT2D eigenvalue weighted by Gasteiger charge is 2.43. The molecule has 13 heteroatoms. The normalized spacial score (nSPS) is 15.2. The molecule has 1 fully saturated rings. The van der Waals surface area contributed by atoms with Gasteiger partial charge in [0.05, 0.1) is 27.4 Å². The fourth-order valence-electron chi connectivity index (χ4n) is 4.75. The van der Waals surface area contributed by atoms with Gasteiger partial charge in [-0.2, -0.15) is 0 Å². The Morgan fingerprint density at radius 3 is 2.33 bits per heavy atom. The number of carbonyl (C=O) groups is 4. The van der Waals surface area contributed by atoms with Gasteiger partial charge in [-0.3, -0.25) is 29.3 Å². The molecule has 218 valence electrons. The van der Waals surface area contributed by atoms with Crippen LogP contribution in [0.3, 0.4) is 0 Å². The minimum atomic E-state index is -1.41. The monoisotopic (exact) mass is 612 g/mol. The number of rotatable bonds is 10. The van der Waals surface area contributed by atoms with E-state index in [1.54, 1.807) is 0 Å². The van der Waals surface area contributed by atoms with Crippen LogP contribution in [0.2, 0.25) is 10.0 Å². The average Bonchev–Trinajstić information content (AvgIpc) is 3.42. The maximum atomic E-state index is 13.8. The maximum absolute atomic E-state index is 13.8. The van der Waals surface area contributed by atoms with Crippen molar-refractivity contribution in [2.45, 2.75) is 31.5 Å². The van der Waals surface area contributed by atoms with E-state index in [4.69, 9.17) is 23.2 Å². The Hall–Kier alpha value is -4.48. The highest BCUT2D eigenvalue weighted by Crippen LogP contribution is 2.27. The quantitative estimate of drug-likeness (QED) is 0.253. The van der Waals surface area contributed by atoms with Gasteiger partial charge in [0.25, 0.3) is 17.5 Å². The molecule has 2 N–H and O–H groups in total. The van der Waals surface area contributed by atoms with Gasteiger partial charge in [0.2, 0.25) is 5.91 Å². The van der Waals surface area contributed by atoms with E-state index >= 15 is 0 Å². The molecule has 2 atom stereocenters. The molecular formula is C29H26Cl2N4O7. The van der Waals surface area contributed by atoms with Crippen LogP contribution >= 0.6 is 23.2 Å². The fraction of sp³-hybridized carbons (Fsp3) is 0.241. The zero-order valence-electron chi connectivity index (χ0n) is 22.1. The Morgan fingerprint density at radius 2 is 1.67 bits per heavy atom. The highest BCUT2D eigenvalue weighted by atomic mass is 35.5. The fourth-order valence-corrected chi connectivity index (χ4v) is 5.05. The molecule has 0 radical (unpaired) electrons. The Labute approximate surface area is 250 Å². The minimum absolute atomic E-state index is 0.0225. The second-order valence-electron chi connectivity index (χ2n) is 9.58. The van der Waals surface area contributed by atoms with E-state index < -0.39 is 41.3 Å². The van der Waals surface area contributed by atoms with Crippen LogP contribution in [-0.4, -0.2) is 62.8 Å². The number of halogens is 2. The van der Waals surface area contributed by atoms with E-state index in [0.717, 1.165) is 5.56 Å². The molecule has 0 spiro atoms. The smallest absolute Gasteiger partial charge is 0.305 e. The van der Waals surface area contributed by atoms with Crippen molar-refractivity contribution in [1.29, 1.82) is 0 Å². The van der Waals surface area contributed by atoms with Gasteiger partial charge in [-0.25, -0.2) is 0 Å². The van der Waals surface area contributed by atoms with Gasteiger partial charge in [0, 0.05) is 37.2 Å². The van der Waals surface area contributed by atoms with Crippen molar-refractivity contribution in [3.8, 4) is 0 Å². The van der Waals surface area contributed by atoms with Gasteiger partial charge < -0.3 is 20.2 Å². The molecule has 0 aromatic heterocycles. The molecule has 0 bridgehead atoms. The van der Waals surface area contributed by atoms with Crippen LogP contribution in [0.15, 0.2) is 72.8 Å². The Morgan fingerprint density at radius 1 is 0.952 bits per heavy atom. The number of benzene rings is 3. The molecule has 42 heavy (non-hydrogen) atoms. The van der Waals surface area contributed by atoms with E-state index in [-0.39, 0.29) is 52.3 Å². The molecule has 3 amide bonds. The van der Waals surface area contributed by atoms with Gasteiger partial charge >= 0.3 is 5.97 Å². The number of carboxylic acids is 1. The van der Waals surface area contributed by atoms with Crippen LogP contribution in [-0.2, 0) is 20.8 Å². The molecule has 1 heterocycles. The first kappa shape index (κ1) is 30.5. The Balaban J connectivity index is 1.64. The number of amides is 3. The third-order valence-electron chi connectivity index (χ3n) is 6.80. The standard InChI is InChI=1S/C29H26Cl2N4O7/c30-22-11-10-20(16-23(22)31)29(40)34-14-13-33(25(36)12-9-18-5-2-1-3-6-18)28(34)27(39)32-24(17-26(37)38)19-7-4-8-21(15-19)35(41)42/h1-8,10-11,15-16,24,28H,9,12-14,17H2,(H,32,39)(H,37,38). The topological polar surface area (TPSA) is 150 Å². The molecule has 0 saturated carbocycles. The summed E-state index contributed by atoms with van der Waals surface area (Å²) >= 11 is 12.1. The first-order chi connectivity index (χ1) is 20.0. The predicted molar refractivity (Wildman–Crippen MR) is 154 cm³/mol. The van der Waals surface area contributed by atoms with Crippen LogP contribution in [0.5, 0.6) is 0 Å². The number of nitrogens with zero attached hydrogens (tertiary/aromatic N) is 3. The lowest BCUT2D eigenvalue weighted by atomic mass is 10.0. The summed E-state index contributed by atoms with van der Waals surface area (Å²) in [4.78, 5) is 65.6. The molecule has 4 rings (SSSR count). The second kappa shape index (κ2) is 13.5. The number of nitro groups is 1. The number of hydrogen-bond donors (Lipinski definition) is 2.